The largest absolute Gasteiger partial charge is 0.487 e. The van der Waals surface area contributed by atoms with Crippen LogP contribution in [0.1, 0.15) is 22.3 Å². The molecule has 0 unspecified atom stereocenters. The van der Waals surface area contributed by atoms with Crippen LogP contribution in [0.4, 0.5) is 10.5 Å². The Kier molecular flexibility index (Phi) is 6.93. The molecule has 8 heteroatoms. The lowest BCUT2D eigenvalue weighted by Crippen LogP contribution is -2.54. The van der Waals surface area contributed by atoms with Gasteiger partial charge in [-0.2, -0.15) is 0 Å². The Morgan fingerprint density at radius 3 is 2.45 bits per heavy atom. The van der Waals surface area contributed by atoms with Crippen LogP contribution in [0.5, 0.6) is 5.75 Å². The van der Waals surface area contributed by atoms with Crippen LogP contribution in [0.15, 0.2) is 78.4 Å². The third-order valence-electron chi connectivity index (χ3n) is 6.43. The van der Waals surface area contributed by atoms with Crippen molar-refractivity contribution in [3.05, 3.63) is 111 Å². The summed E-state index contributed by atoms with van der Waals surface area (Å²) in [5.74, 6) is -1.09. The molecule has 1 aliphatic heterocycles. The quantitative estimate of drug-likeness (QED) is 0.216. The molecular weight excluding hydrogens is 523 g/mol. The van der Waals surface area contributed by atoms with Crippen molar-refractivity contribution < 1.29 is 19.1 Å². The third kappa shape index (κ3) is 4.88. The number of nitrogens with one attached hydrogen (secondary N) is 1. The number of urea groups is 1. The minimum Gasteiger partial charge on any atom is -0.487 e. The molecule has 190 valence electrons. The predicted molar refractivity (Wildman–Crippen MR) is 150 cm³/mol. The highest BCUT2D eigenvalue weighted by Crippen LogP contribution is 2.31. The van der Waals surface area contributed by atoms with E-state index in [9.17, 15) is 14.4 Å². The molecule has 1 saturated heterocycles. The Balaban J connectivity index is 1.41. The molecule has 1 heterocycles. The second kappa shape index (κ2) is 10.3. The van der Waals surface area contributed by atoms with E-state index in [0.717, 1.165) is 26.8 Å². The first-order valence-electron chi connectivity index (χ1n) is 11.8. The summed E-state index contributed by atoms with van der Waals surface area (Å²) < 4.78 is 6.05. The molecule has 4 aromatic rings. The average molecular weight is 545 g/mol. The second-order valence-electron chi connectivity index (χ2n) is 8.95. The molecular formula is C30H22Cl2N2O4. The molecule has 1 aliphatic rings. The van der Waals surface area contributed by atoms with Crippen molar-refractivity contribution in [1.82, 2.24) is 5.32 Å². The van der Waals surface area contributed by atoms with E-state index in [1.165, 1.54) is 12.1 Å². The molecule has 0 radical (unpaired) electrons. The minimum atomic E-state index is -0.840. The number of carbonyl (C=O) groups excluding carboxylic acids is 3. The smallest absolute Gasteiger partial charge is 0.335 e. The molecule has 1 N–H and O–H groups in total. The van der Waals surface area contributed by atoms with Gasteiger partial charge in [0.05, 0.1) is 10.7 Å². The van der Waals surface area contributed by atoms with E-state index in [2.05, 4.69) is 29.6 Å². The van der Waals surface area contributed by atoms with Gasteiger partial charge in [0.2, 0.25) is 0 Å². The summed E-state index contributed by atoms with van der Waals surface area (Å²) in [5, 5.41) is 5.13. The molecule has 38 heavy (non-hydrogen) atoms. The lowest BCUT2D eigenvalue weighted by molar-refractivity contribution is -0.122. The zero-order valence-electron chi connectivity index (χ0n) is 20.5. The van der Waals surface area contributed by atoms with Crippen LogP contribution in [0.2, 0.25) is 10.0 Å². The van der Waals surface area contributed by atoms with Crippen molar-refractivity contribution in [2.24, 2.45) is 0 Å². The van der Waals surface area contributed by atoms with Gasteiger partial charge in [0.25, 0.3) is 11.8 Å². The minimum absolute atomic E-state index is 0.208. The number of barbiturate groups is 1. The van der Waals surface area contributed by atoms with E-state index >= 15 is 0 Å². The van der Waals surface area contributed by atoms with Crippen LogP contribution >= 0.6 is 23.2 Å². The highest BCUT2D eigenvalue weighted by molar-refractivity contribution is 6.40. The van der Waals surface area contributed by atoms with E-state index in [1.807, 2.05) is 19.1 Å². The van der Waals surface area contributed by atoms with Gasteiger partial charge in [-0.15, -0.1) is 0 Å². The number of carbonyl (C=O) groups is 3. The normalized spacial score (nSPS) is 14.8. The summed E-state index contributed by atoms with van der Waals surface area (Å²) in [6, 6.07) is 21.2. The first kappa shape index (κ1) is 25.5. The Morgan fingerprint density at radius 1 is 0.895 bits per heavy atom. The van der Waals surface area contributed by atoms with Crippen molar-refractivity contribution in [3.63, 3.8) is 0 Å². The summed E-state index contributed by atoms with van der Waals surface area (Å²) in [4.78, 5) is 39.2. The van der Waals surface area contributed by atoms with E-state index in [4.69, 9.17) is 27.9 Å². The number of ether oxygens (including phenoxy) is 1. The Morgan fingerprint density at radius 2 is 1.66 bits per heavy atom. The van der Waals surface area contributed by atoms with Crippen LogP contribution in [0.3, 0.4) is 0 Å². The summed E-state index contributed by atoms with van der Waals surface area (Å²) in [6.07, 6.45) is 1.39. The summed E-state index contributed by atoms with van der Waals surface area (Å²) in [5.41, 5.74) is 3.41. The lowest BCUT2D eigenvalue weighted by Gasteiger charge is -2.27. The van der Waals surface area contributed by atoms with E-state index in [-0.39, 0.29) is 5.57 Å². The first-order chi connectivity index (χ1) is 18.2. The summed E-state index contributed by atoms with van der Waals surface area (Å²) in [6.45, 7) is 4.10. The Hall–Kier alpha value is -4.13. The number of benzene rings is 4. The number of imide groups is 2. The van der Waals surface area contributed by atoms with Crippen LogP contribution in [0, 0.1) is 13.8 Å². The second-order valence-corrected chi connectivity index (χ2v) is 9.79. The van der Waals surface area contributed by atoms with Crippen LogP contribution < -0.4 is 15.0 Å². The zero-order chi connectivity index (χ0) is 27.0. The van der Waals surface area contributed by atoms with Gasteiger partial charge in [-0.05, 0) is 71.7 Å². The standard InChI is InChI=1S/C30H22Cl2N2O4/c1-17-7-10-20-5-3-4-6-22(20)24(17)16-38-27-12-9-19(14-25(27)32)13-23-28(35)33-30(37)34(29(23)36)26-15-21(31)11-8-18(26)2/h3-15H,16H2,1-2H3,(H,33,35,37)/b23-13+. The molecule has 4 amide bonds. The number of anilines is 1. The maximum Gasteiger partial charge on any atom is 0.335 e. The van der Waals surface area contributed by atoms with Gasteiger partial charge >= 0.3 is 6.03 Å². The third-order valence-corrected chi connectivity index (χ3v) is 6.96. The number of aryl methyl sites for hydroxylation is 2. The van der Waals surface area contributed by atoms with Crippen LogP contribution in [-0.2, 0) is 16.2 Å². The van der Waals surface area contributed by atoms with E-state index < -0.39 is 17.8 Å². The molecule has 0 atom stereocenters. The van der Waals surface area contributed by atoms with Crippen molar-refractivity contribution in [1.29, 1.82) is 0 Å². The molecule has 4 aromatic carbocycles. The highest BCUT2D eigenvalue weighted by atomic mass is 35.5. The van der Waals surface area contributed by atoms with Gasteiger partial charge in [-0.25, -0.2) is 9.69 Å². The van der Waals surface area contributed by atoms with Crippen molar-refractivity contribution >= 4 is 63.6 Å². The van der Waals surface area contributed by atoms with Crippen LogP contribution in [-0.4, -0.2) is 17.8 Å². The number of halogens is 2. The average Bonchev–Trinajstić information content (AvgIpc) is 2.89. The molecule has 0 saturated carbocycles. The first-order valence-corrected chi connectivity index (χ1v) is 12.6. The lowest BCUT2D eigenvalue weighted by atomic mass is 10.0. The van der Waals surface area contributed by atoms with Crippen molar-refractivity contribution in [2.75, 3.05) is 4.90 Å². The fourth-order valence-electron chi connectivity index (χ4n) is 4.38. The monoisotopic (exact) mass is 544 g/mol. The van der Waals surface area contributed by atoms with E-state index in [0.29, 0.717) is 39.2 Å². The van der Waals surface area contributed by atoms with Gasteiger partial charge in [0, 0.05) is 10.6 Å². The highest BCUT2D eigenvalue weighted by Gasteiger charge is 2.37. The number of nitrogens with zero attached hydrogens (tertiary/aromatic N) is 1. The number of amides is 4. The van der Waals surface area contributed by atoms with Crippen LogP contribution in [0.25, 0.3) is 16.8 Å². The molecule has 5 rings (SSSR count). The Labute approximate surface area is 229 Å². The van der Waals surface area contributed by atoms with Crippen molar-refractivity contribution in [3.8, 4) is 5.75 Å². The van der Waals surface area contributed by atoms with Gasteiger partial charge in [0.1, 0.15) is 17.9 Å². The maximum absolute atomic E-state index is 13.2. The topological polar surface area (TPSA) is 75.7 Å². The van der Waals surface area contributed by atoms with Gasteiger partial charge in [-0.1, -0.05) is 71.7 Å². The van der Waals surface area contributed by atoms with E-state index in [1.54, 1.807) is 37.3 Å². The Bertz CT molecular complexity index is 1660. The van der Waals surface area contributed by atoms with Gasteiger partial charge in [-0.3, -0.25) is 14.9 Å². The maximum atomic E-state index is 13.2. The number of hydrogen-bond donors (Lipinski definition) is 1. The summed E-state index contributed by atoms with van der Waals surface area (Å²) >= 11 is 12.6. The molecule has 0 aliphatic carbocycles. The summed E-state index contributed by atoms with van der Waals surface area (Å²) in [7, 11) is 0. The predicted octanol–water partition coefficient (Wildman–Crippen LogP) is 7.01. The fourth-order valence-corrected chi connectivity index (χ4v) is 4.79. The molecule has 6 nitrogen and oxygen atoms in total. The zero-order valence-corrected chi connectivity index (χ0v) is 22.1. The number of hydrogen-bond acceptors (Lipinski definition) is 4. The SMILES string of the molecule is Cc1ccc(Cl)cc1N1C(=O)NC(=O)/C(=C\c2ccc(OCc3c(C)ccc4ccccc34)c(Cl)c2)C1=O. The molecule has 1 fully saturated rings. The molecule has 0 aromatic heterocycles. The fraction of sp³-hybridized carbons (Fsp3) is 0.100. The molecule has 0 bridgehead atoms. The van der Waals surface area contributed by atoms with Crippen molar-refractivity contribution in [2.45, 2.75) is 20.5 Å². The van der Waals surface area contributed by atoms with Gasteiger partial charge < -0.3 is 4.74 Å². The number of rotatable bonds is 5. The number of fused-ring (bicyclic) bond motifs is 1. The molecule has 0 spiro atoms. The van der Waals surface area contributed by atoms with Gasteiger partial charge in [0.15, 0.2) is 0 Å².